The molecule has 0 spiro atoms. The zero-order valence-corrected chi connectivity index (χ0v) is 12.5. The highest BCUT2D eigenvalue weighted by Gasteiger charge is 2.34. The Bertz CT molecular complexity index is 467. The number of amides is 2. The van der Waals surface area contributed by atoms with Crippen LogP contribution in [0.3, 0.4) is 0 Å². The molecule has 2 N–H and O–H groups in total. The molecule has 0 bridgehead atoms. The molecule has 3 unspecified atom stereocenters. The number of urea groups is 1. The molecule has 3 rings (SSSR count). The molecule has 2 fully saturated rings. The number of rotatable bonds is 5. The maximum Gasteiger partial charge on any atom is 0.315 e. The summed E-state index contributed by atoms with van der Waals surface area (Å²) in [6, 6.07) is 10.3. The average molecular weight is 288 g/mol. The fourth-order valence-corrected chi connectivity index (χ4v) is 3.04. The molecular weight excluding hydrogens is 264 g/mol. The lowest BCUT2D eigenvalue weighted by Gasteiger charge is -2.23. The van der Waals surface area contributed by atoms with Crippen molar-refractivity contribution in [1.29, 1.82) is 0 Å². The van der Waals surface area contributed by atoms with Crippen LogP contribution in [0.15, 0.2) is 30.3 Å². The topological polar surface area (TPSA) is 50.4 Å². The summed E-state index contributed by atoms with van der Waals surface area (Å²) in [5, 5.41) is 6.17. The van der Waals surface area contributed by atoms with Crippen molar-refractivity contribution in [3.63, 3.8) is 0 Å². The summed E-state index contributed by atoms with van der Waals surface area (Å²) >= 11 is 0. The van der Waals surface area contributed by atoms with E-state index in [9.17, 15) is 4.79 Å². The van der Waals surface area contributed by atoms with Gasteiger partial charge in [-0.05, 0) is 44.1 Å². The maximum absolute atomic E-state index is 12.2. The van der Waals surface area contributed by atoms with Crippen molar-refractivity contribution >= 4 is 6.03 Å². The SMILES string of the molecule is CC(NC(=O)NC(c1ccccc1)C1CC1)C1CCCO1. The zero-order chi connectivity index (χ0) is 14.7. The summed E-state index contributed by atoms with van der Waals surface area (Å²) in [5.41, 5.74) is 1.19. The van der Waals surface area contributed by atoms with Crippen molar-refractivity contribution < 1.29 is 9.53 Å². The summed E-state index contributed by atoms with van der Waals surface area (Å²) in [7, 11) is 0. The first-order valence-corrected chi connectivity index (χ1v) is 7.97. The summed E-state index contributed by atoms with van der Waals surface area (Å²) < 4.78 is 5.62. The van der Waals surface area contributed by atoms with Crippen molar-refractivity contribution in [2.75, 3.05) is 6.61 Å². The number of hydrogen-bond acceptors (Lipinski definition) is 2. The van der Waals surface area contributed by atoms with Crippen LogP contribution in [-0.4, -0.2) is 24.8 Å². The van der Waals surface area contributed by atoms with Gasteiger partial charge in [0.1, 0.15) is 0 Å². The predicted molar refractivity (Wildman–Crippen MR) is 82.0 cm³/mol. The molecular formula is C17H24N2O2. The molecule has 1 aromatic carbocycles. The highest BCUT2D eigenvalue weighted by Crippen LogP contribution is 2.40. The van der Waals surface area contributed by atoms with Crippen LogP contribution in [-0.2, 0) is 4.74 Å². The summed E-state index contributed by atoms with van der Waals surface area (Å²) in [5.74, 6) is 0.580. The van der Waals surface area contributed by atoms with Gasteiger partial charge in [-0.2, -0.15) is 0 Å². The van der Waals surface area contributed by atoms with Gasteiger partial charge in [0, 0.05) is 6.61 Å². The van der Waals surface area contributed by atoms with Gasteiger partial charge in [0.05, 0.1) is 18.2 Å². The number of carbonyl (C=O) groups is 1. The fraction of sp³-hybridized carbons (Fsp3) is 0.588. The number of benzene rings is 1. The third-order valence-electron chi connectivity index (χ3n) is 4.42. The van der Waals surface area contributed by atoms with Crippen LogP contribution in [0, 0.1) is 5.92 Å². The van der Waals surface area contributed by atoms with E-state index in [1.54, 1.807) is 0 Å². The second-order valence-corrected chi connectivity index (χ2v) is 6.18. The summed E-state index contributed by atoms with van der Waals surface area (Å²) in [6.07, 6.45) is 4.67. The van der Waals surface area contributed by atoms with Crippen LogP contribution >= 0.6 is 0 Å². The van der Waals surface area contributed by atoms with E-state index in [2.05, 4.69) is 22.8 Å². The van der Waals surface area contributed by atoms with Crippen molar-refractivity contribution in [3.05, 3.63) is 35.9 Å². The Hall–Kier alpha value is -1.55. The van der Waals surface area contributed by atoms with Gasteiger partial charge in [-0.25, -0.2) is 4.79 Å². The van der Waals surface area contributed by atoms with E-state index in [-0.39, 0.29) is 24.2 Å². The molecule has 1 aromatic rings. The van der Waals surface area contributed by atoms with E-state index in [1.807, 2.05) is 25.1 Å². The molecule has 1 saturated carbocycles. The first kappa shape index (κ1) is 14.4. The number of hydrogen-bond donors (Lipinski definition) is 2. The predicted octanol–water partition coefficient (Wildman–Crippen LogP) is 3.00. The molecule has 4 nitrogen and oxygen atoms in total. The Morgan fingerprint density at radius 3 is 2.57 bits per heavy atom. The molecule has 0 radical (unpaired) electrons. The number of ether oxygens (including phenoxy) is 1. The van der Waals surface area contributed by atoms with E-state index < -0.39 is 0 Å². The van der Waals surface area contributed by atoms with E-state index in [0.717, 1.165) is 19.4 Å². The molecule has 3 atom stereocenters. The molecule has 0 aromatic heterocycles. The quantitative estimate of drug-likeness (QED) is 0.875. The van der Waals surface area contributed by atoms with E-state index in [0.29, 0.717) is 5.92 Å². The van der Waals surface area contributed by atoms with Crippen molar-refractivity contribution in [3.8, 4) is 0 Å². The number of carbonyl (C=O) groups excluding carboxylic acids is 1. The highest BCUT2D eigenvalue weighted by molar-refractivity contribution is 5.75. The van der Waals surface area contributed by atoms with Gasteiger partial charge in [-0.3, -0.25) is 0 Å². The van der Waals surface area contributed by atoms with Crippen LogP contribution in [0.1, 0.15) is 44.2 Å². The zero-order valence-electron chi connectivity index (χ0n) is 12.5. The summed E-state index contributed by atoms with van der Waals surface area (Å²) in [4.78, 5) is 12.2. The Morgan fingerprint density at radius 1 is 1.19 bits per heavy atom. The fourth-order valence-electron chi connectivity index (χ4n) is 3.04. The minimum Gasteiger partial charge on any atom is -0.376 e. The minimum absolute atomic E-state index is 0.0585. The highest BCUT2D eigenvalue weighted by atomic mass is 16.5. The Balaban J connectivity index is 1.57. The maximum atomic E-state index is 12.2. The molecule has 21 heavy (non-hydrogen) atoms. The van der Waals surface area contributed by atoms with Gasteiger partial charge in [-0.15, -0.1) is 0 Å². The molecule has 114 valence electrons. The van der Waals surface area contributed by atoms with Gasteiger partial charge in [-0.1, -0.05) is 30.3 Å². The first-order chi connectivity index (χ1) is 10.2. The number of nitrogens with one attached hydrogen (secondary N) is 2. The molecule has 1 aliphatic carbocycles. The van der Waals surface area contributed by atoms with Crippen LogP contribution in [0.5, 0.6) is 0 Å². The van der Waals surface area contributed by atoms with Gasteiger partial charge in [0.15, 0.2) is 0 Å². The Labute approximate surface area is 126 Å². The molecule has 1 aliphatic heterocycles. The molecule has 1 heterocycles. The standard InChI is InChI=1S/C17H24N2O2/c1-12(15-8-5-11-21-15)18-17(20)19-16(14-9-10-14)13-6-3-2-4-7-13/h2-4,6-7,12,14-16H,5,8-11H2,1H3,(H2,18,19,20). The molecule has 2 amide bonds. The third kappa shape index (κ3) is 3.76. The van der Waals surface area contributed by atoms with Gasteiger partial charge in [0.2, 0.25) is 0 Å². The van der Waals surface area contributed by atoms with E-state index >= 15 is 0 Å². The molecule has 1 saturated heterocycles. The molecule has 4 heteroatoms. The Kier molecular flexibility index (Phi) is 4.44. The van der Waals surface area contributed by atoms with Crippen molar-refractivity contribution in [2.45, 2.75) is 50.8 Å². The van der Waals surface area contributed by atoms with Crippen LogP contribution in [0.4, 0.5) is 4.79 Å². The van der Waals surface area contributed by atoms with Crippen LogP contribution in [0.25, 0.3) is 0 Å². The van der Waals surface area contributed by atoms with Gasteiger partial charge in [0.25, 0.3) is 0 Å². The van der Waals surface area contributed by atoms with E-state index in [4.69, 9.17) is 4.74 Å². The normalized spacial score (nSPS) is 24.3. The molecule has 2 aliphatic rings. The largest absolute Gasteiger partial charge is 0.376 e. The van der Waals surface area contributed by atoms with Crippen LogP contribution < -0.4 is 10.6 Å². The monoisotopic (exact) mass is 288 g/mol. The smallest absolute Gasteiger partial charge is 0.315 e. The minimum atomic E-state index is -0.0845. The van der Waals surface area contributed by atoms with Crippen molar-refractivity contribution in [2.24, 2.45) is 5.92 Å². The van der Waals surface area contributed by atoms with E-state index in [1.165, 1.54) is 18.4 Å². The third-order valence-corrected chi connectivity index (χ3v) is 4.42. The lowest BCUT2D eigenvalue weighted by molar-refractivity contribution is 0.0858. The second-order valence-electron chi connectivity index (χ2n) is 6.18. The van der Waals surface area contributed by atoms with Crippen LogP contribution in [0.2, 0.25) is 0 Å². The summed E-state index contributed by atoms with van der Waals surface area (Å²) in [6.45, 7) is 2.83. The van der Waals surface area contributed by atoms with Gasteiger partial charge < -0.3 is 15.4 Å². The first-order valence-electron chi connectivity index (χ1n) is 7.97. The Morgan fingerprint density at radius 2 is 1.95 bits per heavy atom. The van der Waals surface area contributed by atoms with Crippen molar-refractivity contribution in [1.82, 2.24) is 10.6 Å². The second kappa shape index (κ2) is 6.48. The van der Waals surface area contributed by atoms with Gasteiger partial charge >= 0.3 is 6.03 Å². The lowest BCUT2D eigenvalue weighted by Crippen LogP contribution is -2.47. The average Bonchev–Trinajstić information content (AvgIpc) is 3.18. The lowest BCUT2D eigenvalue weighted by atomic mass is 10.0.